The molecule has 0 spiro atoms. The third-order valence-corrected chi connectivity index (χ3v) is 5.24. The standard InChI is InChI=1S/C18H26ClNO3/c1-11(2)23-18-7-16(19)14(6-17(18)22-3)10-20-8-12-4-15(21)5-13(12)9-20/h6-7,11-13,15,21H,4-5,8-10H2,1-3H3/t12-,13+,15?. The summed E-state index contributed by atoms with van der Waals surface area (Å²) >= 11 is 6.46. The van der Waals surface area contributed by atoms with Gasteiger partial charge in [0.2, 0.25) is 0 Å². The average molecular weight is 340 g/mol. The molecule has 1 aromatic carbocycles. The van der Waals surface area contributed by atoms with E-state index in [4.69, 9.17) is 21.1 Å². The summed E-state index contributed by atoms with van der Waals surface area (Å²) in [7, 11) is 1.65. The molecule has 1 aromatic rings. The summed E-state index contributed by atoms with van der Waals surface area (Å²) < 4.78 is 11.2. The lowest BCUT2D eigenvalue weighted by molar-refractivity contribution is 0.161. The molecule has 1 saturated carbocycles. The average Bonchev–Trinajstić information content (AvgIpc) is 2.97. The Balaban J connectivity index is 1.71. The van der Waals surface area contributed by atoms with Crippen LogP contribution in [-0.2, 0) is 6.54 Å². The number of nitrogens with zero attached hydrogens (tertiary/aromatic N) is 1. The van der Waals surface area contributed by atoms with Gasteiger partial charge in [-0.2, -0.15) is 0 Å². The van der Waals surface area contributed by atoms with E-state index < -0.39 is 0 Å². The van der Waals surface area contributed by atoms with Gasteiger partial charge in [-0.1, -0.05) is 11.6 Å². The highest BCUT2D eigenvalue weighted by Crippen LogP contribution is 2.40. The summed E-state index contributed by atoms with van der Waals surface area (Å²) in [5.74, 6) is 2.69. The number of aliphatic hydroxyl groups is 1. The largest absolute Gasteiger partial charge is 0.493 e. The summed E-state index contributed by atoms with van der Waals surface area (Å²) in [6, 6.07) is 3.85. The van der Waals surface area contributed by atoms with E-state index in [0.717, 1.165) is 48.8 Å². The number of halogens is 1. The van der Waals surface area contributed by atoms with Gasteiger partial charge in [0.25, 0.3) is 0 Å². The molecular formula is C18H26ClNO3. The molecule has 1 aliphatic heterocycles. The number of rotatable bonds is 5. The van der Waals surface area contributed by atoms with E-state index in [9.17, 15) is 5.11 Å². The molecule has 5 heteroatoms. The summed E-state index contributed by atoms with van der Waals surface area (Å²) in [5, 5.41) is 10.5. The van der Waals surface area contributed by atoms with Crippen LogP contribution in [0.3, 0.4) is 0 Å². The van der Waals surface area contributed by atoms with E-state index in [1.807, 2.05) is 26.0 Å². The van der Waals surface area contributed by atoms with E-state index >= 15 is 0 Å². The Morgan fingerprint density at radius 1 is 1.22 bits per heavy atom. The zero-order valence-corrected chi connectivity index (χ0v) is 14.8. The van der Waals surface area contributed by atoms with Crippen molar-refractivity contribution in [1.29, 1.82) is 0 Å². The second-order valence-electron chi connectivity index (χ2n) is 7.10. The topological polar surface area (TPSA) is 41.9 Å². The van der Waals surface area contributed by atoms with Gasteiger partial charge in [-0.25, -0.2) is 0 Å². The van der Waals surface area contributed by atoms with Crippen LogP contribution in [0.25, 0.3) is 0 Å². The number of ether oxygens (including phenoxy) is 2. The Hall–Kier alpha value is -0.970. The Labute approximate surface area is 143 Å². The minimum Gasteiger partial charge on any atom is -0.493 e. The van der Waals surface area contributed by atoms with E-state index in [2.05, 4.69) is 4.90 Å². The fraction of sp³-hybridized carbons (Fsp3) is 0.667. The predicted molar refractivity (Wildman–Crippen MR) is 91.3 cm³/mol. The van der Waals surface area contributed by atoms with Gasteiger partial charge in [0.15, 0.2) is 11.5 Å². The Morgan fingerprint density at radius 3 is 2.43 bits per heavy atom. The van der Waals surface area contributed by atoms with Crippen molar-refractivity contribution in [2.24, 2.45) is 11.8 Å². The summed E-state index contributed by atoms with van der Waals surface area (Å²) in [5.41, 5.74) is 1.07. The van der Waals surface area contributed by atoms with Crippen LogP contribution >= 0.6 is 11.6 Å². The lowest BCUT2D eigenvalue weighted by atomic mass is 10.0. The molecule has 3 rings (SSSR count). The maximum atomic E-state index is 9.76. The van der Waals surface area contributed by atoms with Gasteiger partial charge in [0.1, 0.15) is 0 Å². The summed E-state index contributed by atoms with van der Waals surface area (Å²) in [6.45, 7) is 6.88. The lowest BCUT2D eigenvalue weighted by Gasteiger charge is -2.20. The van der Waals surface area contributed by atoms with Crippen LogP contribution in [0.15, 0.2) is 12.1 Å². The third-order valence-electron chi connectivity index (χ3n) is 4.89. The molecule has 1 aliphatic carbocycles. The van der Waals surface area contributed by atoms with Gasteiger partial charge in [0, 0.05) is 30.7 Å². The lowest BCUT2D eigenvalue weighted by Crippen LogP contribution is -2.23. The monoisotopic (exact) mass is 339 g/mol. The molecule has 1 saturated heterocycles. The van der Waals surface area contributed by atoms with Crippen LogP contribution in [0, 0.1) is 11.8 Å². The molecule has 0 radical (unpaired) electrons. The Kier molecular flexibility index (Phi) is 5.04. The molecule has 0 bridgehead atoms. The quantitative estimate of drug-likeness (QED) is 0.893. The molecule has 1 N–H and O–H groups in total. The Bertz CT molecular complexity index is 549. The van der Waals surface area contributed by atoms with Crippen LogP contribution in [0.1, 0.15) is 32.3 Å². The van der Waals surface area contributed by atoms with Crippen molar-refractivity contribution >= 4 is 11.6 Å². The Morgan fingerprint density at radius 2 is 1.87 bits per heavy atom. The van der Waals surface area contributed by atoms with Crippen LogP contribution in [0.4, 0.5) is 0 Å². The third kappa shape index (κ3) is 3.76. The van der Waals surface area contributed by atoms with Crippen molar-refractivity contribution in [3.8, 4) is 11.5 Å². The first kappa shape index (κ1) is 16.9. The molecule has 4 nitrogen and oxygen atoms in total. The molecule has 0 aromatic heterocycles. The first-order chi connectivity index (χ1) is 11.0. The van der Waals surface area contributed by atoms with Crippen molar-refractivity contribution in [2.45, 2.75) is 45.4 Å². The minimum absolute atomic E-state index is 0.0789. The van der Waals surface area contributed by atoms with Gasteiger partial charge < -0.3 is 14.6 Å². The SMILES string of the molecule is COc1cc(CN2C[C@H]3CC(O)C[C@H]3C2)c(Cl)cc1OC(C)C. The first-order valence-electron chi connectivity index (χ1n) is 8.39. The molecular weight excluding hydrogens is 314 g/mol. The second-order valence-corrected chi connectivity index (χ2v) is 7.51. The normalized spacial score (nSPS) is 27.5. The van der Waals surface area contributed by atoms with Crippen molar-refractivity contribution in [3.63, 3.8) is 0 Å². The smallest absolute Gasteiger partial charge is 0.163 e. The summed E-state index contributed by atoms with van der Waals surface area (Å²) in [6.07, 6.45) is 1.87. The number of likely N-dealkylation sites (tertiary alicyclic amines) is 1. The summed E-state index contributed by atoms with van der Waals surface area (Å²) in [4.78, 5) is 2.44. The highest BCUT2D eigenvalue weighted by molar-refractivity contribution is 6.31. The van der Waals surface area contributed by atoms with Crippen molar-refractivity contribution in [2.75, 3.05) is 20.2 Å². The van der Waals surface area contributed by atoms with Crippen LogP contribution in [-0.4, -0.2) is 42.4 Å². The van der Waals surface area contributed by atoms with E-state index in [0.29, 0.717) is 17.6 Å². The number of hydrogen-bond acceptors (Lipinski definition) is 4. The number of fused-ring (bicyclic) bond motifs is 1. The number of aliphatic hydroxyl groups excluding tert-OH is 1. The van der Waals surface area contributed by atoms with E-state index in [-0.39, 0.29) is 12.2 Å². The van der Waals surface area contributed by atoms with Gasteiger partial charge in [-0.3, -0.25) is 4.90 Å². The maximum Gasteiger partial charge on any atom is 0.163 e. The number of benzene rings is 1. The highest BCUT2D eigenvalue weighted by atomic mass is 35.5. The van der Waals surface area contributed by atoms with E-state index in [1.54, 1.807) is 7.11 Å². The van der Waals surface area contributed by atoms with Crippen LogP contribution in [0.5, 0.6) is 11.5 Å². The second kappa shape index (κ2) is 6.88. The number of hydrogen-bond donors (Lipinski definition) is 1. The molecule has 128 valence electrons. The number of methoxy groups -OCH3 is 1. The fourth-order valence-corrected chi connectivity index (χ4v) is 4.15. The van der Waals surface area contributed by atoms with Gasteiger partial charge in [0.05, 0.1) is 19.3 Å². The van der Waals surface area contributed by atoms with Crippen LogP contribution in [0.2, 0.25) is 5.02 Å². The van der Waals surface area contributed by atoms with Gasteiger partial charge in [-0.15, -0.1) is 0 Å². The van der Waals surface area contributed by atoms with Crippen molar-refractivity contribution in [3.05, 3.63) is 22.7 Å². The zero-order chi connectivity index (χ0) is 16.6. The first-order valence-corrected chi connectivity index (χ1v) is 8.77. The van der Waals surface area contributed by atoms with Crippen molar-refractivity contribution < 1.29 is 14.6 Å². The molecule has 2 aliphatic rings. The van der Waals surface area contributed by atoms with Gasteiger partial charge >= 0.3 is 0 Å². The minimum atomic E-state index is -0.0942. The molecule has 2 fully saturated rings. The van der Waals surface area contributed by atoms with Crippen molar-refractivity contribution in [1.82, 2.24) is 4.90 Å². The molecule has 1 unspecified atom stereocenters. The molecule has 23 heavy (non-hydrogen) atoms. The maximum absolute atomic E-state index is 9.76. The predicted octanol–water partition coefficient (Wildman–Crippen LogP) is 3.34. The van der Waals surface area contributed by atoms with Gasteiger partial charge in [-0.05, 0) is 50.2 Å². The van der Waals surface area contributed by atoms with E-state index in [1.165, 1.54) is 0 Å². The molecule has 0 amide bonds. The molecule has 1 heterocycles. The highest BCUT2D eigenvalue weighted by Gasteiger charge is 2.40. The zero-order valence-electron chi connectivity index (χ0n) is 14.1. The fourth-order valence-electron chi connectivity index (χ4n) is 3.94. The molecule has 3 atom stereocenters. The van der Waals surface area contributed by atoms with Crippen LogP contribution < -0.4 is 9.47 Å².